The van der Waals surface area contributed by atoms with E-state index in [1.54, 1.807) is 0 Å². The Balaban J connectivity index is 1.96. The molecule has 16 heavy (non-hydrogen) atoms. The third-order valence-electron chi connectivity index (χ3n) is 3.76. The Morgan fingerprint density at radius 1 is 1.12 bits per heavy atom. The molecule has 0 radical (unpaired) electrons. The normalized spacial score (nSPS) is 39.1. The van der Waals surface area contributed by atoms with Crippen LogP contribution in [0.2, 0.25) is 0 Å². The molecule has 2 rings (SSSR count). The lowest BCUT2D eigenvalue weighted by Crippen LogP contribution is -2.36. The first-order valence-electron chi connectivity index (χ1n) is 6.73. The highest BCUT2D eigenvalue weighted by Crippen LogP contribution is 2.26. The molecule has 2 nitrogen and oxygen atoms in total. The molecule has 0 spiro atoms. The van der Waals surface area contributed by atoms with Crippen LogP contribution >= 0.6 is 11.8 Å². The minimum atomic E-state index is 0.572. The van der Waals surface area contributed by atoms with Gasteiger partial charge in [0, 0.05) is 11.8 Å². The number of aliphatic imine (C=N–C) groups is 1. The van der Waals surface area contributed by atoms with Gasteiger partial charge in [-0.2, -0.15) is 0 Å². The maximum Gasteiger partial charge on any atom is 0.157 e. The number of hydrogen-bond acceptors (Lipinski definition) is 2. The first kappa shape index (κ1) is 12.3. The van der Waals surface area contributed by atoms with Crippen molar-refractivity contribution in [2.75, 3.05) is 5.75 Å². The number of hydrogen-bond donors (Lipinski definition) is 1. The number of rotatable bonds is 1. The van der Waals surface area contributed by atoms with Gasteiger partial charge in [-0.05, 0) is 32.1 Å². The van der Waals surface area contributed by atoms with Crippen molar-refractivity contribution in [3.8, 4) is 0 Å². The van der Waals surface area contributed by atoms with Crippen LogP contribution in [0, 0.1) is 5.92 Å². The molecule has 1 saturated heterocycles. The molecule has 92 valence electrons. The van der Waals surface area contributed by atoms with Gasteiger partial charge < -0.3 is 5.32 Å². The molecule has 1 N–H and O–H groups in total. The van der Waals surface area contributed by atoms with E-state index in [1.807, 2.05) is 11.8 Å². The quantitative estimate of drug-likeness (QED) is 0.710. The second kappa shape index (κ2) is 5.95. The molecule has 0 aromatic rings. The van der Waals surface area contributed by atoms with Crippen LogP contribution < -0.4 is 5.32 Å². The molecule has 1 saturated carbocycles. The summed E-state index contributed by atoms with van der Waals surface area (Å²) in [6.07, 6.45) is 8.10. The predicted octanol–water partition coefficient (Wildman–Crippen LogP) is 3.43. The van der Waals surface area contributed by atoms with Crippen LogP contribution in [-0.4, -0.2) is 23.0 Å². The minimum Gasteiger partial charge on any atom is -0.362 e. The highest BCUT2D eigenvalue weighted by Gasteiger charge is 2.21. The van der Waals surface area contributed by atoms with Crippen LogP contribution in [0.3, 0.4) is 0 Å². The van der Waals surface area contributed by atoms with Crippen molar-refractivity contribution in [3.63, 3.8) is 0 Å². The molecular weight excluding hydrogens is 216 g/mol. The maximum atomic E-state index is 4.95. The highest BCUT2D eigenvalue weighted by atomic mass is 32.2. The third kappa shape index (κ3) is 3.41. The van der Waals surface area contributed by atoms with Gasteiger partial charge in [0.05, 0.1) is 6.04 Å². The molecule has 0 bridgehead atoms. The predicted molar refractivity (Wildman–Crippen MR) is 73.1 cm³/mol. The van der Waals surface area contributed by atoms with E-state index in [0.29, 0.717) is 12.1 Å². The van der Waals surface area contributed by atoms with E-state index in [-0.39, 0.29) is 0 Å². The third-order valence-corrected chi connectivity index (χ3v) is 4.70. The van der Waals surface area contributed by atoms with Gasteiger partial charge in [0.1, 0.15) is 0 Å². The summed E-state index contributed by atoms with van der Waals surface area (Å²) in [7, 11) is 0. The average Bonchev–Trinajstić information content (AvgIpc) is 2.45. The summed E-state index contributed by atoms with van der Waals surface area (Å²) in [5, 5.41) is 4.72. The average molecular weight is 240 g/mol. The van der Waals surface area contributed by atoms with Gasteiger partial charge in [0.25, 0.3) is 0 Å². The monoisotopic (exact) mass is 240 g/mol. The number of amidine groups is 1. The summed E-state index contributed by atoms with van der Waals surface area (Å²) in [4.78, 5) is 4.95. The van der Waals surface area contributed by atoms with E-state index in [4.69, 9.17) is 4.99 Å². The molecule has 1 heterocycles. The molecule has 3 unspecified atom stereocenters. The fourth-order valence-corrected chi connectivity index (χ4v) is 3.71. The lowest BCUT2D eigenvalue weighted by Gasteiger charge is -2.25. The fraction of sp³-hybridized carbons (Fsp3) is 0.923. The first-order chi connectivity index (χ1) is 7.75. The van der Waals surface area contributed by atoms with Crippen molar-refractivity contribution in [2.24, 2.45) is 10.9 Å². The second-order valence-corrected chi connectivity index (χ2v) is 6.38. The number of nitrogens with zero attached hydrogens (tertiary/aromatic N) is 1. The molecule has 0 aromatic carbocycles. The summed E-state index contributed by atoms with van der Waals surface area (Å²) in [6, 6.07) is 1.18. The maximum absolute atomic E-state index is 4.95. The largest absolute Gasteiger partial charge is 0.362 e. The van der Waals surface area contributed by atoms with Crippen molar-refractivity contribution in [1.82, 2.24) is 5.32 Å². The van der Waals surface area contributed by atoms with Gasteiger partial charge in [-0.1, -0.05) is 37.9 Å². The van der Waals surface area contributed by atoms with Gasteiger partial charge in [-0.3, -0.25) is 4.99 Å². The zero-order valence-electron chi connectivity index (χ0n) is 10.5. The Labute approximate surface area is 104 Å². The van der Waals surface area contributed by atoms with Gasteiger partial charge >= 0.3 is 0 Å². The van der Waals surface area contributed by atoms with Crippen molar-refractivity contribution in [2.45, 2.75) is 64.5 Å². The molecule has 0 aromatic heterocycles. The number of nitrogens with one attached hydrogen (secondary N) is 1. The molecule has 3 heteroatoms. The van der Waals surface area contributed by atoms with Crippen LogP contribution in [0.1, 0.15) is 52.4 Å². The molecule has 1 aliphatic heterocycles. The van der Waals surface area contributed by atoms with Gasteiger partial charge in [-0.25, -0.2) is 0 Å². The summed E-state index contributed by atoms with van der Waals surface area (Å²) < 4.78 is 0. The first-order valence-corrected chi connectivity index (χ1v) is 7.71. The molecular formula is C13H24N2S. The van der Waals surface area contributed by atoms with Crippen molar-refractivity contribution >= 4 is 16.9 Å². The number of thioether (sulfide) groups is 1. The molecule has 1 aliphatic carbocycles. The summed E-state index contributed by atoms with van der Waals surface area (Å²) in [5.41, 5.74) is 0. The summed E-state index contributed by atoms with van der Waals surface area (Å²) >= 11 is 1.91. The zero-order chi connectivity index (χ0) is 11.4. The second-order valence-electron chi connectivity index (χ2n) is 5.30. The van der Waals surface area contributed by atoms with Crippen LogP contribution in [0.25, 0.3) is 0 Å². The van der Waals surface area contributed by atoms with Crippen LogP contribution in [0.5, 0.6) is 0 Å². The fourth-order valence-electron chi connectivity index (χ4n) is 2.55. The molecule has 3 atom stereocenters. The van der Waals surface area contributed by atoms with Gasteiger partial charge in [0.2, 0.25) is 0 Å². The van der Waals surface area contributed by atoms with E-state index in [9.17, 15) is 0 Å². The van der Waals surface area contributed by atoms with E-state index < -0.39 is 0 Å². The van der Waals surface area contributed by atoms with Crippen molar-refractivity contribution < 1.29 is 0 Å². The lowest BCUT2D eigenvalue weighted by molar-refractivity contribution is 0.433. The van der Waals surface area contributed by atoms with Crippen LogP contribution in [0.4, 0.5) is 0 Å². The van der Waals surface area contributed by atoms with Crippen molar-refractivity contribution in [1.29, 1.82) is 0 Å². The lowest BCUT2D eigenvalue weighted by atomic mass is 9.98. The van der Waals surface area contributed by atoms with E-state index in [1.165, 1.54) is 49.4 Å². The van der Waals surface area contributed by atoms with Gasteiger partial charge in [0.15, 0.2) is 5.17 Å². The standard InChI is InChI=1S/C13H24N2S/c1-10-6-4-3-5-7-12(10)15-13-14-11(2)8-9-16-13/h10-12H,3-9H2,1-2H3,(H,14,15). The van der Waals surface area contributed by atoms with Crippen molar-refractivity contribution in [3.05, 3.63) is 0 Å². The topological polar surface area (TPSA) is 24.4 Å². The SMILES string of the molecule is CC1CCSC(=NC2CCCCCC2C)N1. The Morgan fingerprint density at radius 2 is 1.94 bits per heavy atom. The molecule has 2 aliphatic rings. The Kier molecular flexibility index (Phi) is 4.56. The highest BCUT2D eigenvalue weighted by molar-refractivity contribution is 8.13. The van der Waals surface area contributed by atoms with Crippen LogP contribution in [-0.2, 0) is 0 Å². The molecule has 2 fully saturated rings. The Hall–Kier alpha value is -0.180. The van der Waals surface area contributed by atoms with E-state index >= 15 is 0 Å². The van der Waals surface area contributed by atoms with Crippen LogP contribution in [0.15, 0.2) is 4.99 Å². The van der Waals surface area contributed by atoms with E-state index in [0.717, 1.165) is 5.92 Å². The summed E-state index contributed by atoms with van der Waals surface area (Å²) in [6.45, 7) is 4.63. The minimum absolute atomic E-state index is 0.572. The van der Waals surface area contributed by atoms with E-state index in [2.05, 4.69) is 19.2 Å². The molecule has 0 amide bonds. The zero-order valence-corrected chi connectivity index (χ0v) is 11.4. The Bertz CT molecular complexity index is 252. The summed E-state index contributed by atoms with van der Waals surface area (Å²) in [5.74, 6) is 2.00. The van der Waals surface area contributed by atoms with Gasteiger partial charge in [-0.15, -0.1) is 0 Å². The smallest absolute Gasteiger partial charge is 0.157 e. The Morgan fingerprint density at radius 3 is 2.75 bits per heavy atom.